The molecule has 0 saturated carbocycles. The minimum Gasteiger partial charge on any atom is -0.311 e. The number of benzene rings is 9. The molecule has 53 heavy (non-hydrogen) atoms. The van der Waals surface area contributed by atoms with E-state index >= 15 is 0 Å². The van der Waals surface area contributed by atoms with Crippen LogP contribution in [0, 0.1) is 0 Å². The van der Waals surface area contributed by atoms with Gasteiger partial charge in [-0.2, -0.15) is 0 Å². The molecule has 0 atom stereocenters. The van der Waals surface area contributed by atoms with Gasteiger partial charge in [-0.1, -0.05) is 182 Å². The molecule has 0 spiro atoms. The number of fused-ring (bicyclic) bond motifs is 2. The van der Waals surface area contributed by atoms with Crippen LogP contribution in [0.1, 0.15) is 13.9 Å². The summed E-state index contributed by atoms with van der Waals surface area (Å²) in [6, 6.07) is 73.7. The smallest absolute Gasteiger partial charge is 0.0629 e. The van der Waals surface area contributed by atoms with Gasteiger partial charge >= 0.3 is 0 Å². The van der Waals surface area contributed by atoms with Gasteiger partial charge in [0, 0.05) is 17.1 Å². The van der Waals surface area contributed by atoms with E-state index in [-0.39, 0.29) is 12.1 Å². The second-order valence-electron chi connectivity index (χ2n) is 13.2. The summed E-state index contributed by atoms with van der Waals surface area (Å²) in [4.78, 5) is 2.19. The molecule has 0 unspecified atom stereocenters. The lowest BCUT2D eigenvalue weighted by Gasteiger charge is -2.25. The maximum absolute atomic E-state index is 9.03. The molecule has 0 bridgehead atoms. The minimum absolute atomic E-state index is 0.184. The fourth-order valence-electron chi connectivity index (χ4n) is 7.38. The molecular weight excluding hydrogens is 639 g/mol. The fraction of sp³-hybridized carbons (Fsp3) is 0. The molecule has 9 aromatic carbocycles. The van der Waals surface area contributed by atoms with Crippen LogP contribution >= 0.6 is 0 Å². The van der Waals surface area contributed by atoms with Gasteiger partial charge in [-0.05, 0) is 109 Å². The molecular formula is C52H37N. The number of hydrogen-bond donors (Lipinski definition) is 0. The van der Waals surface area contributed by atoms with E-state index in [2.05, 4.69) is 144 Å². The lowest BCUT2D eigenvalue weighted by atomic mass is 9.85. The van der Waals surface area contributed by atoms with E-state index in [1.807, 2.05) is 72.8 Å². The maximum Gasteiger partial charge on any atom is 0.0629 e. The standard InChI is InChI=1S/C52H37N/c1-5-15-41(16-6-1)51-47-23-13-14-24-48(47)52(42-17-7-2-8-18-42)50-37-43(33-36-49(50)51)40-31-27-38(28-32-40)25-26-39-29-34-46(35-30-39)53(44-19-9-3-10-20-44)45-21-11-4-12-22-45/h1-37H/b26-25+/i25D,26D. The largest absolute Gasteiger partial charge is 0.311 e. The maximum atomic E-state index is 9.03. The van der Waals surface area contributed by atoms with Gasteiger partial charge in [-0.15, -0.1) is 0 Å². The third kappa shape index (κ3) is 6.42. The van der Waals surface area contributed by atoms with Crippen LogP contribution in [0.2, 0.25) is 0 Å². The highest BCUT2D eigenvalue weighted by molar-refractivity contribution is 6.22. The molecule has 1 nitrogen and oxygen atoms in total. The summed E-state index contributed by atoms with van der Waals surface area (Å²) in [6.45, 7) is 0. The van der Waals surface area contributed by atoms with E-state index in [4.69, 9.17) is 2.74 Å². The molecule has 9 aromatic rings. The summed E-state index contributed by atoms with van der Waals surface area (Å²) in [5, 5.41) is 4.86. The SMILES string of the molecule is [2H]/C(=C(/[2H])c1ccc(N(c2ccccc2)c2ccccc2)cc1)c1ccc(-c2ccc3c(-c4ccccc4)c4ccccc4c(-c4ccccc4)c3c2)cc1. The minimum atomic E-state index is 0.184. The molecule has 0 aliphatic heterocycles. The topological polar surface area (TPSA) is 3.24 Å². The van der Waals surface area contributed by atoms with Crippen molar-refractivity contribution in [3.63, 3.8) is 0 Å². The molecule has 250 valence electrons. The zero-order chi connectivity index (χ0) is 37.1. The van der Waals surface area contributed by atoms with Gasteiger partial charge in [0.05, 0.1) is 2.74 Å². The fourth-order valence-corrected chi connectivity index (χ4v) is 7.38. The summed E-state index contributed by atoms with van der Waals surface area (Å²) in [6.07, 6.45) is 0. The van der Waals surface area contributed by atoms with Gasteiger partial charge in [-0.3, -0.25) is 0 Å². The van der Waals surface area contributed by atoms with Crippen molar-refractivity contribution in [2.75, 3.05) is 4.90 Å². The molecule has 0 radical (unpaired) electrons. The summed E-state index contributed by atoms with van der Waals surface area (Å²) in [5.74, 6) is 0. The van der Waals surface area contributed by atoms with E-state index < -0.39 is 0 Å². The van der Waals surface area contributed by atoms with Crippen LogP contribution in [0.4, 0.5) is 17.1 Å². The van der Waals surface area contributed by atoms with Crippen molar-refractivity contribution in [2.24, 2.45) is 0 Å². The molecule has 0 aliphatic carbocycles. The highest BCUT2D eigenvalue weighted by Gasteiger charge is 2.17. The Labute approximate surface area is 314 Å². The third-order valence-corrected chi connectivity index (χ3v) is 9.87. The predicted molar refractivity (Wildman–Crippen MR) is 228 cm³/mol. The molecule has 0 N–H and O–H groups in total. The number of hydrogen-bond acceptors (Lipinski definition) is 1. The monoisotopic (exact) mass is 677 g/mol. The Balaban J connectivity index is 1.08. The van der Waals surface area contributed by atoms with Gasteiger partial charge in [0.1, 0.15) is 0 Å². The Morgan fingerprint density at radius 2 is 0.679 bits per heavy atom. The Bertz CT molecular complexity index is 2740. The van der Waals surface area contributed by atoms with Gasteiger partial charge in [0.15, 0.2) is 0 Å². The van der Waals surface area contributed by atoms with Crippen LogP contribution < -0.4 is 4.90 Å². The Morgan fingerprint density at radius 3 is 1.19 bits per heavy atom. The molecule has 0 aliphatic rings. The molecule has 0 aromatic heterocycles. The highest BCUT2D eigenvalue weighted by atomic mass is 15.1. The number of nitrogens with zero attached hydrogens (tertiary/aromatic N) is 1. The van der Waals surface area contributed by atoms with Gasteiger partial charge in [0.2, 0.25) is 0 Å². The zero-order valence-corrected chi connectivity index (χ0v) is 29.2. The van der Waals surface area contributed by atoms with Crippen LogP contribution in [-0.2, 0) is 0 Å². The van der Waals surface area contributed by atoms with Crippen molar-refractivity contribution in [1.29, 1.82) is 0 Å². The predicted octanol–water partition coefficient (Wildman–Crippen LogP) is 14.6. The van der Waals surface area contributed by atoms with Gasteiger partial charge < -0.3 is 4.90 Å². The van der Waals surface area contributed by atoms with E-state index in [1.54, 1.807) is 0 Å². The van der Waals surface area contributed by atoms with Crippen molar-refractivity contribution in [3.05, 3.63) is 223 Å². The Hall–Kier alpha value is -6.96. The lowest BCUT2D eigenvalue weighted by Crippen LogP contribution is -2.09. The van der Waals surface area contributed by atoms with Crippen molar-refractivity contribution in [1.82, 2.24) is 0 Å². The molecule has 0 amide bonds. The van der Waals surface area contributed by atoms with Crippen molar-refractivity contribution in [2.45, 2.75) is 0 Å². The molecule has 0 heterocycles. The van der Waals surface area contributed by atoms with Gasteiger partial charge in [0.25, 0.3) is 0 Å². The van der Waals surface area contributed by atoms with Crippen molar-refractivity contribution in [3.8, 4) is 33.4 Å². The first kappa shape index (κ1) is 29.7. The number of anilines is 3. The van der Waals surface area contributed by atoms with Crippen LogP contribution in [0.25, 0.3) is 67.0 Å². The Morgan fingerprint density at radius 1 is 0.302 bits per heavy atom. The average Bonchev–Trinajstić information content (AvgIpc) is 3.26. The first-order valence-corrected chi connectivity index (χ1v) is 18.0. The summed E-state index contributed by atoms with van der Waals surface area (Å²) < 4.78 is 18.0. The second kappa shape index (κ2) is 14.3. The zero-order valence-electron chi connectivity index (χ0n) is 31.2. The van der Waals surface area contributed by atoms with E-state index in [1.165, 1.54) is 43.8 Å². The first-order valence-electron chi connectivity index (χ1n) is 19.0. The van der Waals surface area contributed by atoms with Crippen molar-refractivity contribution < 1.29 is 2.74 Å². The second-order valence-corrected chi connectivity index (χ2v) is 13.2. The number of rotatable bonds is 8. The highest BCUT2D eigenvalue weighted by Crippen LogP contribution is 2.44. The lowest BCUT2D eigenvalue weighted by molar-refractivity contribution is 1.28. The summed E-state index contributed by atoms with van der Waals surface area (Å²) in [5.41, 5.74) is 11.5. The van der Waals surface area contributed by atoms with Crippen LogP contribution in [-0.4, -0.2) is 0 Å². The van der Waals surface area contributed by atoms with E-state index in [0.29, 0.717) is 11.1 Å². The van der Waals surface area contributed by atoms with E-state index in [0.717, 1.165) is 28.2 Å². The Kier molecular flexibility index (Phi) is 8.05. The number of para-hydroxylation sites is 2. The van der Waals surface area contributed by atoms with Crippen LogP contribution in [0.3, 0.4) is 0 Å². The molecule has 0 fully saturated rings. The third-order valence-electron chi connectivity index (χ3n) is 9.87. The molecule has 9 rings (SSSR count). The van der Waals surface area contributed by atoms with Crippen molar-refractivity contribution >= 4 is 50.7 Å². The van der Waals surface area contributed by atoms with Crippen LogP contribution in [0.5, 0.6) is 0 Å². The average molecular weight is 678 g/mol. The van der Waals surface area contributed by atoms with E-state index in [9.17, 15) is 0 Å². The van der Waals surface area contributed by atoms with Crippen LogP contribution in [0.15, 0.2) is 212 Å². The molecule has 0 saturated heterocycles. The normalized spacial score (nSPS) is 12.2. The molecule has 1 heteroatoms. The van der Waals surface area contributed by atoms with Gasteiger partial charge in [-0.25, -0.2) is 0 Å². The first-order chi connectivity index (χ1) is 27.1. The quantitative estimate of drug-likeness (QED) is 0.114. The summed E-state index contributed by atoms with van der Waals surface area (Å²) in [7, 11) is 0. The summed E-state index contributed by atoms with van der Waals surface area (Å²) >= 11 is 0.